The summed E-state index contributed by atoms with van der Waals surface area (Å²) in [6.07, 6.45) is 1.93. The number of fused-ring (bicyclic) bond motifs is 1. The third-order valence-corrected chi connectivity index (χ3v) is 7.76. The highest BCUT2D eigenvalue weighted by atomic mass is 32.2. The molecule has 4 rings (SSSR count). The fourth-order valence-corrected chi connectivity index (χ4v) is 5.59. The summed E-state index contributed by atoms with van der Waals surface area (Å²) in [6, 6.07) is 14.4. The first-order valence-corrected chi connectivity index (χ1v) is 13.4. The summed E-state index contributed by atoms with van der Waals surface area (Å²) in [5.41, 5.74) is 2.27. The van der Waals surface area contributed by atoms with E-state index in [0.717, 1.165) is 30.5 Å². The third-order valence-electron chi connectivity index (χ3n) is 5.62. The number of unbranched alkanes of at least 4 members (excludes halogenated alkanes) is 1. The molecule has 33 heavy (non-hydrogen) atoms. The van der Waals surface area contributed by atoms with E-state index < -0.39 is 15.3 Å². The SMILES string of the molecule is CCCCn1c(S[C@@H](C(=O)N2CCOCC2)c2ccccc2)nc2cc(S(N)(=O)=O)ccc21. The molecule has 0 radical (unpaired) electrons. The number of benzene rings is 2. The van der Waals surface area contributed by atoms with Crippen molar-refractivity contribution in [3.05, 3.63) is 54.1 Å². The largest absolute Gasteiger partial charge is 0.378 e. The minimum atomic E-state index is -3.84. The van der Waals surface area contributed by atoms with Crippen molar-refractivity contribution in [3.63, 3.8) is 0 Å². The van der Waals surface area contributed by atoms with Gasteiger partial charge in [0.15, 0.2) is 5.16 Å². The zero-order valence-corrected chi connectivity index (χ0v) is 20.1. The van der Waals surface area contributed by atoms with E-state index >= 15 is 0 Å². The zero-order valence-electron chi connectivity index (χ0n) is 18.5. The molecule has 2 heterocycles. The van der Waals surface area contributed by atoms with Crippen molar-refractivity contribution in [2.45, 2.75) is 41.6 Å². The second-order valence-corrected chi connectivity index (χ2v) is 10.6. The number of imidazole rings is 1. The molecule has 0 bridgehead atoms. The standard InChI is InChI=1S/C23H28N4O4S2/c1-2-3-11-27-20-10-9-18(33(24,29)30)16-19(20)25-23(27)32-21(17-7-5-4-6-8-17)22(28)26-12-14-31-15-13-26/h4-10,16,21H,2-3,11-15H2,1H3,(H2,24,29,30)/t21-/m1/s1. The van der Waals surface area contributed by atoms with Crippen molar-refractivity contribution in [1.29, 1.82) is 0 Å². The lowest BCUT2D eigenvalue weighted by atomic mass is 10.1. The van der Waals surface area contributed by atoms with Crippen LogP contribution in [0.1, 0.15) is 30.6 Å². The van der Waals surface area contributed by atoms with Gasteiger partial charge in [-0.25, -0.2) is 18.5 Å². The number of morpholine rings is 1. The molecule has 8 nitrogen and oxygen atoms in total. The summed E-state index contributed by atoms with van der Waals surface area (Å²) in [5.74, 6) is 0.0221. The van der Waals surface area contributed by atoms with Crippen LogP contribution in [-0.4, -0.2) is 55.1 Å². The molecule has 1 atom stereocenters. The fraction of sp³-hybridized carbons (Fsp3) is 0.391. The number of carbonyl (C=O) groups is 1. The number of rotatable bonds is 8. The Kier molecular flexibility index (Phi) is 7.38. The Hall–Kier alpha value is -2.40. The Morgan fingerprint density at radius 1 is 1.18 bits per heavy atom. The average molecular weight is 489 g/mol. The average Bonchev–Trinajstić information content (AvgIpc) is 3.17. The van der Waals surface area contributed by atoms with Crippen molar-refractivity contribution in [3.8, 4) is 0 Å². The second-order valence-electron chi connectivity index (χ2n) is 7.94. The number of sulfonamides is 1. The molecule has 2 aromatic carbocycles. The van der Waals surface area contributed by atoms with E-state index in [4.69, 9.17) is 14.9 Å². The lowest BCUT2D eigenvalue weighted by Gasteiger charge is -2.30. The Bertz CT molecular complexity index is 1220. The zero-order chi connectivity index (χ0) is 23.4. The van der Waals surface area contributed by atoms with Gasteiger partial charge in [-0.15, -0.1) is 0 Å². The second kappa shape index (κ2) is 10.3. The molecule has 1 aliphatic heterocycles. The molecule has 0 saturated carbocycles. The van der Waals surface area contributed by atoms with Crippen LogP contribution in [0.3, 0.4) is 0 Å². The minimum Gasteiger partial charge on any atom is -0.378 e. The van der Waals surface area contributed by atoms with Gasteiger partial charge in [-0.05, 0) is 30.2 Å². The van der Waals surface area contributed by atoms with Crippen LogP contribution in [0.15, 0.2) is 58.6 Å². The molecule has 0 aliphatic carbocycles. The summed E-state index contributed by atoms with van der Waals surface area (Å²) in [6.45, 7) is 5.02. The Morgan fingerprint density at radius 2 is 1.91 bits per heavy atom. The molecular formula is C23H28N4O4S2. The fourth-order valence-electron chi connectivity index (χ4n) is 3.83. The number of nitrogens with zero attached hydrogens (tertiary/aromatic N) is 3. The predicted molar refractivity (Wildman–Crippen MR) is 128 cm³/mol. The molecule has 1 aliphatic rings. The highest BCUT2D eigenvalue weighted by Gasteiger charge is 2.30. The number of hydrogen-bond acceptors (Lipinski definition) is 6. The number of thioether (sulfide) groups is 1. The Morgan fingerprint density at radius 3 is 2.58 bits per heavy atom. The van der Waals surface area contributed by atoms with Gasteiger partial charge in [-0.1, -0.05) is 55.4 Å². The van der Waals surface area contributed by atoms with Gasteiger partial charge < -0.3 is 14.2 Å². The van der Waals surface area contributed by atoms with Gasteiger partial charge in [0.1, 0.15) is 5.25 Å². The minimum absolute atomic E-state index is 0.0221. The van der Waals surface area contributed by atoms with Crippen LogP contribution in [0, 0.1) is 0 Å². The summed E-state index contributed by atoms with van der Waals surface area (Å²) in [7, 11) is -3.84. The summed E-state index contributed by atoms with van der Waals surface area (Å²) in [5, 5.41) is 5.53. The summed E-state index contributed by atoms with van der Waals surface area (Å²) >= 11 is 1.40. The lowest BCUT2D eigenvalue weighted by molar-refractivity contribution is -0.134. The predicted octanol–water partition coefficient (Wildman–Crippen LogP) is 3.18. The molecule has 1 aromatic heterocycles. The van der Waals surface area contributed by atoms with Crippen LogP contribution in [0.4, 0.5) is 0 Å². The lowest BCUT2D eigenvalue weighted by Crippen LogP contribution is -2.42. The molecule has 10 heteroatoms. The highest BCUT2D eigenvalue weighted by molar-refractivity contribution is 8.00. The van der Waals surface area contributed by atoms with Crippen molar-refractivity contribution in [2.24, 2.45) is 5.14 Å². The van der Waals surface area contributed by atoms with Gasteiger partial charge in [0.05, 0.1) is 29.1 Å². The van der Waals surface area contributed by atoms with E-state index in [1.54, 1.807) is 6.07 Å². The summed E-state index contributed by atoms with van der Waals surface area (Å²) < 4.78 is 31.2. The molecule has 0 spiro atoms. The van der Waals surface area contributed by atoms with E-state index in [2.05, 4.69) is 11.5 Å². The molecule has 3 aromatic rings. The maximum absolute atomic E-state index is 13.5. The monoisotopic (exact) mass is 488 g/mol. The number of aryl methyl sites for hydroxylation is 1. The van der Waals surface area contributed by atoms with Crippen molar-refractivity contribution >= 4 is 38.7 Å². The van der Waals surface area contributed by atoms with Gasteiger partial charge in [-0.2, -0.15) is 0 Å². The highest BCUT2D eigenvalue weighted by Crippen LogP contribution is 2.38. The third kappa shape index (κ3) is 5.40. The Labute approximate surface area is 198 Å². The first-order chi connectivity index (χ1) is 15.9. The van der Waals surface area contributed by atoms with Gasteiger partial charge in [0, 0.05) is 19.6 Å². The van der Waals surface area contributed by atoms with E-state index in [-0.39, 0.29) is 10.8 Å². The van der Waals surface area contributed by atoms with Gasteiger partial charge in [0.2, 0.25) is 15.9 Å². The van der Waals surface area contributed by atoms with Gasteiger partial charge in [0.25, 0.3) is 0 Å². The molecule has 2 N–H and O–H groups in total. The number of nitrogens with two attached hydrogens (primary N) is 1. The first kappa shape index (κ1) is 23.7. The number of aromatic nitrogens is 2. The number of primary sulfonamides is 1. The van der Waals surface area contributed by atoms with Gasteiger partial charge in [-0.3, -0.25) is 4.79 Å². The molecule has 1 amide bonds. The number of ether oxygens (including phenoxy) is 1. The first-order valence-electron chi connectivity index (χ1n) is 11.0. The van der Waals surface area contributed by atoms with Crippen molar-refractivity contribution in [1.82, 2.24) is 14.5 Å². The van der Waals surface area contributed by atoms with Crippen LogP contribution in [0.25, 0.3) is 11.0 Å². The molecular weight excluding hydrogens is 460 g/mol. The van der Waals surface area contributed by atoms with E-state index in [1.807, 2.05) is 35.2 Å². The van der Waals surface area contributed by atoms with Crippen LogP contribution in [0.2, 0.25) is 0 Å². The van der Waals surface area contributed by atoms with E-state index in [0.29, 0.717) is 37.0 Å². The molecule has 1 fully saturated rings. The van der Waals surface area contributed by atoms with Crippen LogP contribution >= 0.6 is 11.8 Å². The van der Waals surface area contributed by atoms with Crippen LogP contribution in [0.5, 0.6) is 0 Å². The van der Waals surface area contributed by atoms with Crippen molar-refractivity contribution in [2.75, 3.05) is 26.3 Å². The number of carbonyl (C=O) groups excluding carboxylic acids is 1. The Balaban J connectivity index is 1.76. The van der Waals surface area contributed by atoms with Gasteiger partial charge >= 0.3 is 0 Å². The van der Waals surface area contributed by atoms with E-state index in [1.165, 1.54) is 23.9 Å². The molecule has 0 unspecified atom stereocenters. The number of amides is 1. The number of hydrogen-bond donors (Lipinski definition) is 1. The summed E-state index contributed by atoms with van der Waals surface area (Å²) in [4.78, 5) is 20.2. The van der Waals surface area contributed by atoms with Crippen molar-refractivity contribution < 1.29 is 17.9 Å². The maximum Gasteiger partial charge on any atom is 0.240 e. The maximum atomic E-state index is 13.5. The van der Waals surface area contributed by atoms with Crippen LogP contribution in [-0.2, 0) is 26.1 Å². The quantitative estimate of drug-likeness (QED) is 0.488. The normalized spacial score (nSPS) is 15.6. The topological polar surface area (TPSA) is 108 Å². The smallest absolute Gasteiger partial charge is 0.240 e. The van der Waals surface area contributed by atoms with Crippen LogP contribution < -0.4 is 5.14 Å². The molecule has 1 saturated heterocycles. The van der Waals surface area contributed by atoms with E-state index in [9.17, 15) is 13.2 Å². The molecule has 176 valence electrons.